The monoisotopic (exact) mass is 402 g/mol. The molecule has 0 radical (unpaired) electrons. The molecule has 0 bridgehead atoms. The Kier molecular flexibility index (Phi) is 4.51. The van der Waals surface area contributed by atoms with Gasteiger partial charge in [0.1, 0.15) is 5.82 Å². The molecule has 0 aliphatic heterocycles. The third kappa shape index (κ3) is 3.35. The minimum Gasteiger partial charge on any atom is -0.493 e. The van der Waals surface area contributed by atoms with Crippen molar-refractivity contribution in [3.63, 3.8) is 0 Å². The van der Waals surface area contributed by atoms with Crippen LogP contribution in [0.15, 0.2) is 30.3 Å². The van der Waals surface area contributed by atoms with Crippen LogP contribution in [-0.2, 0) is 0 Å². The second-order valence-corrected chi connectivity index (χ2v) is 5.30. The Labute approximate surface area is 134 Å². The molecule has 0 spiro atoms. The smallest absolute Gasteiger partial charge is 0.248 e. The lowest BCUT2D eigenvalue weighted by Crippen LogP contribution is -2.10. The van der Waals surface area contributed by atoms with Crippen LogP contribution < -0.4 is 20.9 Å². The molecule has 0 heterocycles. The van der Waals surface area contributed by atoms with Gasteiger partial charge < -0.3 is 20.9 Å². The fourth-order valence-corrected chi connectivity index (χ4v) is 2.15. The molecule has 21 heavy (non-hydrogen) atoms. The van der Waals surface area contributed by atoms with Crippen molar-refractivity contribution < 1.29 is 18.7 Å². The predicted octanol–water partition coefficient (Wildman–Crippen LogP) is 2.91. The van der Waals surface area contributed by atoms with Crippen molar-refractivity contribution in [1.82, 2.24) is 0 Å². The van der Waals surface area contributed by atoms with Crippen LogP contribution in [-0.4, -0.2) is 13.0 Å². The van der Waals surface area contributed by atoms with E-state index in [1.54, 1.807) is 0 Å². The van der Waals surface area contributed by atoms with Crippen molar-refractivity contribution in [2.24, 2.45) is 5.73 Å². The van der Waals surface area contributed by atoms with Crippen LogP contribution in [0.25, 0.3) is 0 Å². The lowest BCUT2D eigenvalue weighted by Gasteiger charge is -2.13. The fourth-order valence-electron chi connectivity index (χ4n) is 1.66. The minimum atomic E-state index is -0.584. The van der Waals surface area contributed by atoms with Crippen LogP contribution in [0.2, 0.25) is 0 Å². The zero-order chi connectivity index (χ0) is 15.6. The number of hydrogen-bond donors (Lipinski definition) is 2. The number of rotatable bonds is 4. The van der Waals surface area contributed by atoms with Gasteiger partial charge in [-0.1, -0.05) is 0 Å². The third-order valence-electron chi connectivity index (χ3n) is 2.72. The van der Waals surface area contributed by atoms with Crippen molar-refractivity contribution in [2.75, 3.05) is 12.8 Å². The topological polar surface area (TPSA) is 87.6 Å². The molecule has 0 aliphatic rings. The van der Waals surface area contributed by atoms with Gasteiger partial charge in [-0.25, -0.2) is 4.39 Å². The molecule has 1 amide bonds. The summed E-state index contributed by atoms with van der Waals surface area (Å²) in [6.07, 6.45) is 0. The van der Waals surface area contributed by atoms with Crippen molar-refractivity contribution >= 4 is 34.2 Å². The molecule has 7 heteroatoms. The maximum Gasteiger partial charge on any atom is 0.248 e. The number of halogens is 2. The summed E-state index contributed by atoms with van der Waals surface area (Å²) in [7, 11) is 1.42. The van der Waals surface area contributed by atoms with Gasteiger partial charge in [-0.3, -0.25) is 4.79 Å². The number of hydrogen-bond acceptors (Lipinski definition) is 4. The molecular weight excluding hydrogens is 390 g/mol. The van der Waals surface area contributed by atoms with E-state index in [2.05, 4.69) is 0 Å². The molecule has 2 rings (SSSR count). The molecule has 0 fully saturated rings. The van der Waals surface area contributed by atoms with Crippen LogP contribution in [0.1, 0.15) is 10.4 Å². The first kappa shape index (κ1) is 15.4. The van der Waals surface area contributed by atoms with Gasteiger partial charge in [-0.05, 0) is 46.9 Å². The zero-order valence-corrected chi connectivity index (χ0v) is 13.2. The van der Waals surface area contributed by atoms with Gasteiger partial charge in [-0.2, -0.15) is 0 Å². The van der Waals surface area contributed by atoms with Gasteiger partial charge in [-0.15, -0.1) is 0 Å². The second-order valence-electron chi connectivity index (χ2n) is 4.14. The van der Waals surface area contributed by atoms with E-state index in [1.807, 2.05) is 22.6 Å². The number of carbonyl (C=O) groups excluding carboxylic acids is 1. The zero-order valence-electron chi connectivity index (χ0n) is 11.0. The average Bonchev–Trinajstić information content (AvgIpc) is 2.44. The van der Waals surface area contributed by atoms with E-state index < -0.39 is 11.7 Å². The van der Waals surface area contributed by atoms with Crippen LogP contribution >= 0.6 is 22.6 Å². The Bertz CT molecular complexity index is 707. The Hall–Kier alpha value is -2.03. The Morgan fingerprint density at radius 1 is 1.19 bits per heavy atom. The lowest BCUT2D eigenvalue weighted by atomic mass is 10.2. The van der Waals surface area contributed by atoms with Crippen molar-refractivity contribution in [3.05, 3.63) is 45.3 Å². The van der Waals surface area contributed by atoms with Crippen molar-refractivity contribution in [1.29, 1.82) is 0 Å². The first-order chi connectivity index (χ1) is 9.92. The highest BCUT2D eigenvalue weighted by atomic mass is 127. The summed E-state index contributed by atoms with van der Waals surface area (Å²) in [6, 6.07) is 7.10. The molecule has 0 saturated carbocycles. The Morgan fingerprint density at radius 2 is 1.90 bits per heavy atom. The SMILES string of the molecule is COc1cc(C(N)=O)ccc1Oc1cc(F)c(I)cc1N. The molecule has 4 N–H and O–H groups in total. The maximum absolute atomic E-state index is 13.6. The van der Waals surface area contributed by atoms with Crippen molar-refractivity contribution in [2.45, 2.75) is 0 Å². The molecule has 0 unspecified atom stereocenters. The van der Waals surface area contributed by atoms with Crippen LogP contribution in [0, 0.1) is 9.39 Å². The molecule has 0 atom stereocenters. The summed E-state index contributed by atoms with van der Waals surface area (Å²) in [4.78, 5) is 11.1. The molecular formula is C14H12FIN2O3. The number of amides is 1. The summed E-state index contributed by atoms with van der Waals surface area (Å²) in [5.41, 5.74) is 11.6. The molecule has 110 valence electrons. The predicted molar refractivity (Wildman–Crippen MR) is 85.1 cm³/mol. The first-order valence-electron chi connectivity index (χ1n) is 5.82. The third-order valence-corrected chi connectivity index (χ3v) is 3.55. The number of ether oxygens (including phenoxy) is 2. The summed E-state index contributed by atoms with van der Waals surface area (Å²) >= 11 is 1.84. The molecule has 2 aromatic carbocycles. The molecule has 5 nitrogen and oxygen atoms in total. The first-order valence-corrected chi connectivity index (χ1v) is 6.90. The highest BCUT2D eigenvalue weighted by Gasteiger charge is 2.13. The van der Waals surface area contributed by atoms with E-state index in [0.717, 1.165) is 0 Å². The fraction of sp³-hybridized carbons (Fsp3) is 0.0714. The van der Waals surface area contributed by atoms with Gasteiger partial charge in [0.2, 0.25) is 5.91 Å². The number of primary amides is 1. The largest absolute Gasteiger partial charge is 0.493 e. The number of carbonyl (C=O) groups is 1. The maximum atomic E-state index is 13.6. The van der Waals surface area contributed by atoms with Crippen LogP contribution in [0.4, 0.5) is 10.1 Å². The van der Waals surface area contributed by atoms with Gasteiger partial charge >= 0.3 is 0 Å². The average molecular weight is 402 g/mol. The summed E-state index contributed by atoms with van der Waals surface area (Å²) in [5.74, 6) is -0.260. The number of anilines is 1. The number of methoxy groups -OCH3 is 1. The summed E-state index contributed by atoms with van der Waals surface area (Å²) in [6.45, 7) is 0. The Morgan fingerprint density at radius 3 is 2.52 bits per heavy atom. The highest BCUT2D eigenvalue weighted by Crippen LogP contribution is 2.36. The van der Waals surface area contributed by atoms with E-state index >= 15 is 0 Å². The van der Waals surface area contributed by atoms with E-state index in [0.29, 0.717) is 20.8 Å². The normalized spacial score (nSPS) is 10.2. The second kappa shape index (κ2) is 6.17. The van der Waals surface area contributed by atoms with Gasteiger partial charge in [0, 0.05) is 11.6 Å². The van der Waals surface area contributed by atoms with Crippen LogP contribution in [0.3, 0.4) is 0 Å². The number of nitrogens with two attached hydrogens (primary N) is 2. The standard InChI is InChI=1S/C14H12FIN2O3/c1-20-13-4-7(14(18)19)2-3-11(13)21-12-5-8(15)9(16)6-10(12)17/h2-6H,17H2,1H3,(H2,18,19). The lowest BCUT2D eigenvalue weighted by molar-refractivity contribution is 0.1000. The van der Waals surface area contributed by atoms with Gasteiger partial charge in [0.15, 0.2) is 17.2 Å². The summed E-state index contributed by atoms with van der Waals surface area (Å²) in [5, 5.41) is 0. The van der Waals surface area contributed by atoms with Gasteiger partial charge in [0.25, 0.3) is 0 Å². The van der Waals surface area contributed by atoms with E-state index in [4.69, 9.17) is 20.9 Å². The highest BCUT2D eigenvalue weighted by molar-refractivity contribution is 14.1. The van der Waals surface area contributed by atoms with Crippen molar-refractivity contribution in [3.8, 4) is 17.2 Å². The molecule has 0 aliphatic carbocycles. The molecule has 0 aromatic heterocycles. The number of nitrogen functional groups attached to an aromatic ring is 1. The number of benzene rings is 2. The Balaban J connectivity index is 2.40. The van der Waals surface area contributed by atoms with E-state index in [-0.39, 0.29) is 11.3 Å². The minimum absolute atomic E-state index is 0.165. The van der Waals surface area contributed by atoms with E-state index in [9.17, 15) is 9.18 Å². The van der Waals surface area contributed by atoms with Crippen LogP contribution in [0.5, 0.6) is 17.2 Å². The molecule has 0 saturated heterocycles. The summed E-state index contributed by atoms with van der Waals surface area (Å²) < 4.78 is 24.7. The quantitative estimate of drug-likeness (QED) is 0.608. The van der Waals surface area contributed by atoms with E-state index in [1.165, 1.54) is 37.4 Å². The molecule has 2 aromatic rings. The van der Waals surface area contributed by atoms with Gasteiger partial charge in [0.05, 0.1) is 16.4 Å².